The molecular weight excluding hydrogens is 226 g/mol. The van der Waals surface area contributed by atoms with Crippen molar-refractivity contribution >= 4 is 17.5 Å². The molecule has 0 spiro atoms. The van der Waals surface area contributed by atoms with Crippen molar-refractivity contribution in [3.8, 4) is 0 Å². The number of fused-ring (bicyclic) bond motifs is 5. The SMILES string of the molecule is O=C1C2[C@H]3C=C[C@@H](C3)[C@H]2C(=O)N1c1ccccc1. The van der Waals surface area contributed by atoms with Gasteiger partial charge in [-0.1, -0.05) is 30.4 Å². The van der Waals surface area contributed by atoms with Crippen LogP contribution in [0.25, 0.3) is 0 Å². The maximum Gasteiger partial charge on any atom is 0.238 e. The highest BCUT2D eigenvalue weighted by Crippen LogP contribution is 2.53. The van der Waals surface area contributed by atoms with Crippen LogP contribution in [0.3, 0.4) is 0 Å². The first-order valence-corrected chi connectivity index (χ1v) is 6.38. The molecule has 0 radical (unpaired) electrons. The Labute approximate surface area is 105 Å². The predicted octanol–water partition coefficient (Wildman–Crippen LogP) is 2.00. The lowest BCUT2D eigenvalue weighted by molar-refractivity contribution is -0.123. The largest absolute Gasteiger partial charge is 0.274 e. The van der Waals surface area contributed by atoms with Gasteiger partial charge in [-0.2, -0.15) is 0 Å². The molecule has 1 unspecified atom stereocenters. The van der Waals surface area contributed by atoms with E-state index < -0.39 is 0 Å². The first-order chi connectivity index (χ1) is 8.77. The Bertz CT molecular complexity index is 533. The van der Waals surface area contributed by atoms with Gasteiger partial charge in [-0.15, -0.1) is 0 Å². The van der Waals surface area contributed by atoms with Gasteiger partial charge in [-0.3, -0.25) is 14.5 Å². The molecule has 2 amide bonds. The predicted molar refractivity (Wildman–Crippen MR) is 66.7 cm³/mol. The van der Waals surface area contributed by atoms with Crippen LogP contribution in [0.1, 0.15) is 6.42 Å². The van der Waals surface area contributed by atoms with E-state index in [2.05, 4.69) is 12.2 Å². The van der Waals surface area contributed by atoms with Crippen molar-refractivity contribution in [1.29, 1.82) is 0 Å². The summed E-state index contributed by atoms with van der Waals surface area (Å²) in [5, 5.41) is 0. The number of hydrogen-bond donors (Lipinski definition) is 0. The van der Waals surface area contributed by atoms with Crippen molar-refractivity contribution in [2.45, 2.75) is 6.42 Å². The molecule has 3 nitrogen and oxygen atoms in total. The average molecular weight is 239 g/mol. The fourth-order valence-corrected chi connectivity index (χ4v) is 3.73. The van der Waals surface area contributed by atoms with Crippen LogP contribution in [0.4, 0.5) is 5.69 Å². The summed E-state index contributed by atoms with van der Waals surface area (Å²) in [5.74, 6) is 0.344. The molecule has 18 heavy (non-hydrogen) atoms. The molecule has 4 rings (SSSR count). The Kier molecular flexibility index (Phi) is 1.85. The van der Waals surface area contributed by atoms with Gasteiger partial charge in [-0.05, 0) is 30.4 Å². The number of para-hydroxylation sites is 1. The quantitative estimate of drug-likeness (QED) is 0.555. The van der Waals surface area contributed by atoms with Crippen LogP contribution in [0.15, 0.2) is 42.5 Å². The second kappa shape index (κ2) is 3.31. The zero-order chi connectivity index (χ0) is 12.3. The van der Waals surface area contributed by atoms with Crippen LogP contribution in [-0.2, 0) is 9.59 Å². The minimum absolute atomic E-state index is 0.00644. The lowest BCUT2D eigenvalue weighted by Crippen LogP contribution is -2.32. The van der Waals surface area contributed by atoms with Crippen LogP contribution in [0, 0.1) is 23.7 Å². The number of benzene rings is 1. The van der Waals surface area contributed by atoms with Gasteiger partial charge in [0.1, 0.15) is 0 Å². The molecule has 1 aromatic rings. The average Bonchev–Trinajstić information content (AvgIpc) is 3.05. The maximum absolute atomic E-state index is 12.5. The van der Waals surface area contributed by atoms with Crippen LogP contribution in [-0.4, -0.2) is 11.8 Å². The Hall–Kier alpha value is -1.90. The summed E-state index contributed by atoms with van der Waals surface area (Å²) in [4.78, 5) is 26.3. The number of rotatable bonds is 1. The molecule has 2 fully saturated rings. The van der Waals surface area contributed by atoms with E-state index in [4.69, 9.17) is 0 Å². The second-order valence-corrected chi connectivity index (χ2v) is 5.35. The first-order valence-electron chi connectivity index (χ1n) is 6.38. The normalized spacial score (nSPS) is 36.6. The molecular formula is C15H13NO2. The highest BCUT2D eigenvalue weighted by atomic mass is 16.2. The molecule has 0 aromatic heterocycles. The lowest BCUT2D eigenvalue weighted by atomic mass is 9.85. The zero-order valence-corrected chi connectivity index (χ0v) is 9.82. The molecule has 1 heterocycles. The molecule has 3 heteroatoms. The van der Waals surface area contributed by atoms with E-state index >= 15 is 0 Å². The van der Waals surface area contributed by atoms with Crippen molar-refractivity contribution in [2.75, 3.05) is 4.90 Å². The smallest absolute Gasteiger partial charge is 0.238 e. The molecule has 1 saturated carbocycles. The number of anilines is 1. The maximum atomic E-state index is 12.5. The van der Waals surface area contributed by atoms with Crippen molar-refractivity contribution in [3.63, 3.8) is 0 Å². The first kappa shape index (κ1) is 10.1. The van der Waals surface area contributed by atoms with E-state index in [1.165, 1.54) is 4.90 Å². The van der Waals surface area contributed by atoms with Gasteiger partial charge in [0.05, 0.1) is 17.5 Å². The third-order valence-electron chi connectivity index (χ3n) is 4.48. The molecule has 1 aromatic carbocycles. The Balaban J connectivity index is 1.77. The Morgan fingerprint density at radius 1 is 0.889 bits per heavy atom. The number of carbonyl (C=O) groups is 2. The van der Waals surface area contributed by atoms with Gasteiger partial charge < -0.3 is 0 Å². The summed E-state index contributed by atoms with van der Waals surface area (Å²) in [6, 6.07) is 9.26. The number of imide groups is 1. The number of amides is 2. The third-order valence-corrected chi connectivity index (χ3v) is 4.48. The topological polar surface area (TPSA) is 37.4 Å². The van der Waals surface area contributed by atoms with Gasteiger partial charge in [0.25, 0.3) is 0 Å². The van der Waals surface area contributed by atoms with Crippen LogP contribution < -0.4 is 4.90 Å². The van der Waals surface area contributed by atoms with Crippen LogP contribution >= 0.6 is 0 Å². The molecule has 2 aliphatic carbocycles. The molecule has 0 N–H and O–H groups in total. The standard InChI is InChI=1S/C15H13NO2/c17-14-12-9-6-7-10(8-9)13(12)15(18)16(14)11-4-2-1-3-5-11/h1-7,9-10,12-13H,8H2/t9-,10-,12+,13?/m0/s1. The van der Waals surface area contributed by atoms with Gasteiger partial charge in [0.15, 0.2) is 0 Å². The monoisotopic (exact) mass is 239 g/mol. The number of hydrogen-bond acceptors (Lipinski definition) is 2. The molecule has 4 atom stereocenters. The summed E-state index contributed by atoms with van der Waals surface area (Å²) in [7, 11) is 0. The molecule has 1 aliphatic heterocycles. The highest BCUT2D eigenvalue weighted by molar-refractivity contribution is 6.22. The third kappa shape index (κ3) is 1.09. The Morgan fingerprint density at radius 2 is 1.44 bits per heavy atom. The van der Waals surface area contributed by atoms with Crippen molar-refractivity contribution in [3.05, 3.63) is 42.5 Å². The van der Waals surface area contributed by atoms with Crippen molar-refractivity contribution < 1.29 is 9.59 Å². The summed E-state index contributed by atoms with van der Waals surface area (Å²) in [6.45, 7) is 0. The summed E-state index contributed by atoms with van der Waals surface area (Å²) < 4.78 is 0. The number of allylic oxidation sites excluding steroid dienone is 2. The molecule has 90 valence electrons. The van der Waals surface area contributed by atoms with Gasteiger partial charge in [0.2, 0.25) is 11.8 Å². The lowest BCUT2D eigenvalue weighted by Gasteiger charge is -2.16. The molecule has 3 aliphatic rings. The molecule has 2 bridgehead atoms. The van der Waals surface area contributed by atoms with Gasteiger partial charge in [-0.25, -0.2) is 0 Å². The zero-order valence-electron chi connectivity index (χ0n) is 9.82. The van der Waals surface area contributed by atoms with E-state index in [-0.39, 0.29) is 35.5 Å². The fraction of sp³-hybridized carbons (Fsp3) is 0.333. The van der Waals surface area contributed by atoms with Gasteiger partial charge in [0, 0.05) is 0 Å². The van der Waals surface area contributed by atoms with Crippen LogP contribution in [0.2, 0.25) is 0 Å². The highest BCUT2D eigenvalue weighted by Gasteiger charge is 2.59. The van der Waals surface area contributed by atoms with E-state index in [9.17, 15) is 9.59 Å². The summed E-state index contributed by atoms with van der Waals surface area (Å²) >= 11 is 0. The fourth-order valence-electron chi connectivity index (χ4n) is 3.73. The van der Waals surface area contributed by atoms with Gasteiger partial charge >= 0.3 is 0 Å². The van der Waals surface area contributed by atoms with E-state index in [1.807, 2.05) is 30.3 Å². The Morgan fingerprint density at radius 3 is 2.00 bits per heavy atom. The van der Waals surface area contributed by atoms with Crippen molar-refractivity contribution in [2.24, 2.45) is 23.7 Å². The summed E-state index contributed by atoms with van der Waals surface area (Å²) in [6.07, 6.45) is 5.21. The van der Waals surface area contributed by atoms with E-state index in [0.717, 1.165) is 6.42 Å². The minimum Gasteiger partial charge on any atom is -0.274 e. The number of nitrogens with zero attached hydrogens (tertiary/aromatic N) is 1. The van der Waals surface area contributed by atoms with Crippen LogP contribution in [0.5, 0.6) is 0 Å². The minimum atomic E-state index is -0.104. The second-order valence-electron chi connectivity index (χ2n) is 5.35. The van der Waals surface area contributed by atoms with E-state index in [0.29, 0.717) is 5.69 Å². The summed E-state index contributed by atoms with van der Waals surface area (Å²) in [5.41, 5.74) is 0.710. The van der Waals surface area contributed by atoms with Crippen molar-refractivity contribution in [1.82, 2.24) is 0 Å². The number of carbonyl (C=O) groups excluding carboxylic acids is 2. The van der Waals surface area contributed by atoms with E-state index in [1.54, 1.807) is 0 Å². The molecule has 1 saturated heterocycles.